The minimum absolute atomic E-state index is 0.000529. The molecule has 0 spiro atoms. The molecule has 6 heteroatoms. The maximum atomic E-state index is 12.0. The summed E-state index contributed by atoms with van der Waals surface area (Å²) in [4.78, 5) is 16.0. The van der Waals surface area contributed by atoms with Gasteiger partial charge in [-0.05, 0) is 46.6 Å². The normalized spacial score (nSPS) is 10.2. The van der Waals surface area contributed by atoms with Crippen LogP contribution in [0.3, 0.4) is 0 Å². The summed E-state index contributed by atoms with van der Waals surface area (Å²) in [7, 11) is 0. The Morgan fingerprint density at radius 1 is 1.37 bits per heavy atom. The van der Waals surface area contributed by atoms with Crippen LogP contribution in [0.4, 0.5) is 5.69 Å². The van der Waals surface area contributed by atoms with Crippen molar-refractivity contribution in [3.05, 3.63) is 46.2 Å². The quantitative estimate of drug-likeness (QED) is 0.586. The number of carbonyl (C=O) groups is 1. The summed E-state index contributed by atoms with van der Waals surface area (Å²) < 4.78 is 0.700. The molecule has 0 atom stereocenters. The van der Waals surface area contributed by atoms with Gasteiger partial charge in [0, 0.05) is 0 Å². The third-order valence-electron chi connectivity index (χ3n) is 2.53. The number of benzene rings is 1. The largest absolute Gasteiger partial charge is 0.504 e. The van der Waals surface area contributed by atoms with Crippen LogP contribution in [0.1, 0.15) is 15.9 Å². The standard InChI is InChI=1S/C13H11BrN2O3/c1-7-5-8(6-15-12(7)14)16-13(19)9-3-2-4-10(17)11(9)18/h2-6,17-18H,1H3,(H,16,19). The molecular weight excluding hydrogens is 312 g/mol. The van der Waals surface area contributed by atoms with Crippen LogP contribution in [0.5, 0.6) is 11.5 Å². The van der Waals surface area contributed by atoms with Crippen molar-refractivity contribution in [1.29, 1.82) is 0 Å². The lowest BCUT2D eigenvalue weighted by Crippen LogP contribution is -2.12. The van der Waals surface area contributed by atoms with Crippen molar-refractivity contribution in [3.63, 3.8) is 0 Å². The summed E-state index contributed by atoms with van der Waals surface area (Å²) in [5.41, 5.74) is 1.38. The van der Waals surface area contributed by atoms with Gasteiger partial charge in [0.15, 0.2) is 11.5 Å². The lowest BCUT2D eigenvalue weighted by molar-refractivity contribution is 0.102. The number of para-hydroxylation sites is 1. The highest BCUT2D eigenvalue weighted by atomic mass is 79.9. The first-order valence-electron chi connectivity index (χ1n) is 5.43. The maximum absolute atomic E-state index is 12.0. The van der Waals surface area contributed by atoms with Crippen molar-refractivity contribution < 1.29 is 15.0 Å². The second-order valence-corrected chi connectivity index (χ2v) is 4.71. The van der Waals surface area contributed by atoms with E-state index in [-0.39, 0.29) is 11.3 Å². The van der Waals surface area contributed by atoms with E-state index < -0.39 is 11.7 Å². The Bertz CT molecular complexity index is 644. The molecule has 5 nitrogen and oxygen atoms in total. The van der Waals surface area contributed by atoms with Gasteiger partial charge in [-0.15, -0.1) is 0 Å². The van der Waals surface area contributed by atoms with E-state index in [2.05, 4.69) is 26.2 Å². The Labute approximate surface area is 118 Å². The molecule has 2 rings (SSSR count). The lowest BCUT2D eigenvalue weighted by atomic mass is 10.1. The number of hydrogen-bond donors (Lipinski definition) is 3. The van der Waals surface area contributed by atoms with Crippen LogP contribution < -0.4 is 5.32 Å². The first-order chi connectivity index (χ1) is 8.99. The molecule has 98 valence electrons. The fourth-order valence-electron chi connectivity index (χ4n) is 1.54. The average molecular weight is 323 g/mol. The summed E-state index contributed by atoms with van der Waals surface area (Å²) in [6.45, 7) is 1.85. The third-order valence-corrected chi connectivity index (χ3v) is 3.36. The molecule has 19 heavy (non-hydrogen) atoms. The van der Waals surface area contributed by atoms with Gasteiger partial charge in [-0.3, -0.25) is 4.79 Å². The SMILES string of the molecule is Cc1cc(NC(=O)c2cccc(O)c2O)cnc1Br. The third kappa shape index (κ3) is 2.85. The number of nitrogens with zero attached hydrogens (tertiary/aromatic N) is 1. The van der Waals surface area contributed by atoms with E-state index in [1.54, 1.807) is 6.07 Å². The Morgan fingerprint density at radius 3 is 2.79 bits per heavy atom. The van der Waals surface area contributed by atoms with Crippen molar-refractivity contribution in [1.82, 2.24) is 4.98 Å². The van der Waals surface area contributed by atoms with Crippen LogP contribution in [-0.4, -0.2) is 21.1 Å². The lowest BCUT2D eigenvalue weighted by Gasteiger charge is -2.08. The Balaban J connectivity index is 2.26. The summed E-state index contributed by atoms with van der Waals surface area (Å²) in [5.74, 6) is -1.29. The van der Waals surface area contributed by atoms with Crippen LogP contribution >= 0.6 is 15.9 Å². The highest BCUT2D eigenvalue weighted by molar-refractivity contribution is 9.10. The van der Waals surface area contributed by atoms with Crippen molar-refractivity contribution in [2.24, 2.45) is 0 Å². The first kappa shape index (κ1) is 13.4. The van der Waals surface area contributed by atoms with Gasteiger partial charge < -0.3 is 15.5 Å². The smallest absolute Gasteiger partial charge is 0.259 e. The number of halogens is 1. The molecule has 3 N–H and O–H groups in total. The van der Waals surface area contributed by atoms with Gasteiger partial charge in [0.1, 0.15) is 4.60 Å². The van der Waals surface area contributed by atoms with Gasteiger partial charge in [-0.2, -0.15) is 0 Å². The molecule has 0 unspecified atom stereocenters. The second-order valence-electron chi connectivity index (χ2n) is 3.96. The van der Waals surface area contributed by atoms with Gasteiger partial charge in [-0.25, -0.2) is 4.98 Å². The van der Waals surface area contributed by atoms with E-state index in [0.29, 0.717) is 10.3 Å². The molecule has 0 saturated carbocycles. The minimum atomic E-state index is -0.517. The van der Waals surface area contributed by atoms with E-state index in [1.807, 2.05) is 6.92 Å². The van der Waals surface area contributed by atoms with E-state index in [4.69, 9.17) is 0 Å². The van der Waals surface area contributed by atoms with Crippen LogP contribution in [-0.2, 0) is 0 Å². The number of anilines is 1. The van der Waals surface area contributed by atoms with Crippen molar-refractivity contribution in [3.8, 4) is 11.5 Å². The molecule has 0 aliphatic heterocycles. The van der Waals surface area contributed by atoms with Crippen LogP contribution in [0.15, 0.2) is 35.1 Å². The summed E-state index contributed by atoms with van der Waals surface area (Å²) in [6, 6.07) is 5.95. The number of hydrogen-bond acceptors (Lipinski definition) is 4. The Kier molecular flexibility index (Phi) is 3.71. The topological polar surface area (TPSA) is 82.5 Å². The molecule has 0 radical (unpaired) electrons. The zero-order valence-electron chi connectivity index (χ0n) is 10.0. The first-order valence-corrected chi connectivity index (χ1v) is 6.23. The summed E-state index contributed by atoms with van der Waals surface area (Å²) in [6.07, 6.45) is 1.49. The van der Waals surface area contributed by atoms with Crippen molar-refractivity contribution in [2.75, 3.05) is 5.32 Å². The van der Waals surface area contributed by atoms with E-state index >= 15 is 0 Å². The molecule has 1 aromatic heterocycles. The van der Waals surface area contributed by atoms with Gasteiger partial charge in [-0.1, -0.05) is 6.07 Å². The van der Waals surface area contributed by atoms with Crippen LogP contribution in [0.25, 0.3) is 0 Å². The van der Waals surface area contributed by atoms with E-state index in [1.165, 1.54) is 24.4 Å². The number of aromatic nitrogens is 1. The number of phenolic OH excluding ortho intramolecular Hbond substituents is 2. The predicted molar refractivity (Wildman–Crippen MR) is 74.4 cm³/mol. The molecule has 2 aromatic rings. The number of nitrogens with one attached hydrogen (secondary N) is 1. The van der Waals surface area contributed by atoms with Gasteiger partial charge >= 0.3 is 0 Å². The fourth-order valence-corrected chi connectivity index (χ4v) is 1.76. The fraction of sp³-hybridized carbons (Fsp3) is 0.0769. The van der Waals surface area contributed by atoms with Crippen molar-refractivity contribution >= 4 is 27.5 Å². The van der Waals surface area contributed by atoms with Gasteiger partial charge in [0.2, 0.25) is 0 Å². The highest BCUT2D eigenvalue weighted by Crippen LogP contribution is 2.28. The predicted octanol–water partition coefficient (Wildman–Crippen LogP) is 2.82. The summed E-state index contributed by atoms with van der Waals surface area (Å²) in [5, 5.41) is 21.6. The molecule has 0 fully saturated rings. The summed E-state index contributed by atoms with van der Waals surface area (Å²) >= 11 is 3.26. The number of rotatable bonds is 2. The number of phenols is 2. The zero-order valence-corrected chi connectivity index (χ0v) is 11.6. The monoisotopic (exact) mass is 322 g/mol. The second kappa shape index (κ2) is 5.27. The highest BCUT2D eigenvalue weighted by Gasteiger charge is 2.14. The number of pyridine rings is 1. The molecule has 0 bridgehead atoms. The number of amides is 1. The number of aryl methyl sites for hydroxylation is 1. The van der Waals surface area contributed by atoms with Crippen LogP contribution in [0, 0.1) is 6.92 Å². The minimum Gasteiger partial charge on any atom is -0.504 e. The molecule has 1 heterocycles. The molecule has 0 saturated heterocycles. The van der Waals surface area contributed by atoms with E-state index in [9.17, 15) is 15.0 Å². The van der Waals surface area contributed by atoms with Gasteiger partial charge in [0.25, 0.3) is 5.91 Å². The zero-order chi connectivity index (χ0) is 14.0. The Morgan fingerprint density at radius 2 is 2.11 bits per heavy atom. The van der Waals surface area contributed by atoms with Crippen LogP contribution in [0.2, 0.25) is 0 Å². The number of aromatic hydroxyl groups is 2. The molecule has 1 aromatic carbocycles. The number of carbonyl (C=O) groups excluding carboxylic acids is 1. The van der Waals surface area contributed by atoms with E-state index in [0.717, 1.165) is 5.56 Å². The molecular formula is C13H11BrN2O3. The molecule has 0 aliphatic rings. The maximum Gasteiger partial charge on any atom is 0.259 e. The van der Waals surface area contributed by atoms with Crippen molar-refractivity contribution in [2.45, 2.75) is 6.92 Å². The average Bonchev–Trinajstić information content (AvgIpc) is 2.37. The van der Waals surface area contributed by atoms with Gasteiger partial charge in [0.05, 0.1) is 17.4 Å². The molecule has 0 aliphatic carbocycles. The molecule has 1 amide bonds. The Hall–Kier alpha value is -2.08.